The molecule has 4 nitrogen and oxygen atoms in total. The predicted molar refractivity (Wildman–Crippen MR) is 63.7 cm³/mol. The van der Waals surface area contributed by atoms with Crippen LogP contribution < -0.4 is 5.32 Å². The van der Waals surface area contributed by atoms with Crippen molar-refractivity contribution in [1.82, 2.24) is 4.98 Å². The Kier molecular flexibility index (Phi) is 4.74. The highest BCUT2D eigenvalue weighted by Gasteiger charge is 2.34. The number of carboxylic acid groups (broad SMARTS) is 1. The van der Waals surface area contributed by atoms with Crippen molar-refractivity contribution < 1.29 is 23.1 Å². The molecule has 0 amide bonds. The van der Waals surface area contributed by atoms with E-state index in [4.69, 9.17) is 5.11 Å². The maximum Gasteiger partial charge on any atom is 0.419 e. The highest BCUT2D eigenvalue weighted by atomic mass is 19.4. The van der Waals surface area contributed by atoms with E-state index in [9.17, 15) is 18.0 Å². The molecule has 0 aliphatic rings. The Labute approximate surface area is 108 Å². The molecule has 0 aliphatic heterocycles. The number of alkyl halides is 3. The molecule has 1 aromatic rings. The van der Waals surface area contributed by atoms with Crippen LogP contribution in [0.3, 0.4) is 0 Å². The van der Waals surface area contributed by atoms with Crippen LogP contribution in [0.2, 0.25) is 0 Å². The second kappa shape index (κ2) is 5.90. The lowest BCUT2D eigenvalue weighted by atomic mass is 10.0. The predicted octanol–water partition coefficient (Wildman–Crippen LogP) is 3.01. The van der Waals surface area contributed by atoms with Gasteiger partial charge in [0.15, 0.2) is 0 Å². The van der Waals surface area contributed by atoms with Crippen molar-refractivity contribution in [2.45, 2.75) is 32.5 Å². The van der Waals surface area contributed by atoms with Crippen LogP contribution >= 0.6 is 0 Å². The van der Waals surface area contributed by atoms with Gasteiger partial charge in [0.1, 0.15) is 5.82 Å². The van der Waals surface area contributed by atoms with Crippen molar-refractivity contribution in [2.75, 3.05) is 5.32 Å². The first-order valence-electron chi connectivity index (χ1n) is 5.72. The Bertz CT molecular complexity index is 447. The molecule has 1 atom stereocenters. The number of halogens is 3. The fraction of sp³-hybridized carbons (Fsp3) is 0.500. The molecule has 2 N–H and O–H groups in total. The second-order valence-corrected chi connectivity index (χ2v) is 4.49. The van der Waals surface area contributed by atoms with Crippen LogP contribution in [-0.2, 0) is 11.0 Å². The third-order valence-electron chi connectivity index (χ3n) is 2.63. The van der Waals surface area contributed by atoms with Crippen molar-refractivity contribution in [3.8, 4) is 0 Å². The molecule has 0 radical (unpaired) electrons. The summed E-state index contributed by atoms with van der Waals surface area (Å²) in [6, 6.07) is 1.48. The van der Waals surface area contributed by atoms with E-state index in [1.807, 2.05) is 0 Å². The molecule has 1 unspecified atom stereocenters. The van der Waals surface area contributed by atoms with Gasteiger partial charge in [-0.15, -0.1) is 0 Å². The number of nitrogens with one attached hydrogen (secondary N) is 1. The minimum absolute atomic E-state index is 0.140. The van der Waals surface area contributed by atoms with Crippen LogP contribution in [0.4, 0.5) is 19.0 Å². The Morgan fingerprint density at radius 1 is 1.47 bits per heavy atom. The van der Waals surface area contributed by atoms with Gasteiger partial charge < -0.3 is 10.4 Å². The Balaban J connectivity index is 3.00. The van der Waals surface area contributed by atoms with E-state index in [0.717, 1.165) is 6.07 Å². The molecule has 1 heterocycles. The number of pyridine rings is 1. The van der Waals surface area contributed by atoms with Gasteiger partial charge in [0.25, 0.3) is 0 Å². The van der Waals surface area contributed by atoms with Crippen LogP contribution in [0.15, 0.2) is 18.3 Å². The lowest BCUT2D eigenvalue weighted by molar-refractivity contribution is -0.137. The van der Waals surface area contributed by atoms with Gasteiger partial charge in [0, 0.05) is 12.2 Å². The fourth-order valence-electron chi connectivity index (χ4n) is 1.57. The zero-order valence-corrected chi connectivity index (χ0v) is 10.5. The maximum absolute atomic E-state index is 12.8. The number of aromatic nitrogens is 1. The molecule has 0 bridgehead atoms. The van der Waals surface area contributed by atoms with E-state index in [-0.39, 0.29) is 18.2 Å². The highest BCUT2D eigenvalue weighted by Crippen LogP contribution is 2.34. The molecule has 0 aliphatic carbocycles. The quantitative estimate of drug-likeness (QED) is 0.867. The number of nitrogens with zero attached hydrogens (tertiary/aromatic N) is 1. The van der Waals surface area contributed by atoms with E-state index in [2.05, 4.69) is 10.3 Å². The van der Waals surface area contributed by atoms with Gasteiger partial charge in [-0.25, -0.2) is 4.98 Å². The molecule has 0 aromatic carbocycles. The smallest absolute Gasteiger partial charge is 0.419 e. The maximum atomic E-state index is 12.8. The number of rotatable bonds is 5. The van der Waals surface area contributed by atoms with Crippen LogP contribution in [0.1, 0.15) is 25.8 Å². The monoisotopic (exact) mass is 276 g/mol. The number of aliphatic carboxylic acids is 1. The second-order valence-electron chi connectivity index (χ2n) is 4.49. The van der Waals surface area contributed by atoms with Gasteiger partial charge >= 0.3 is 12.1 Å². The minimum atomic E-state index is -4.53. The lowest BCUT2D eigenvalue weighted by Crippen LogP contribution is -2.30. The van der Waals surface area contributed by atoms with E-state index in [1.54, 1.807) is 13.8 Å². The van der Waals surface area contributed by atoms with E-state index < -0.39 is 23.8 Å². The summed E-state index contributed by atoms with van der Waals surface area (Å²) >= 11 is 0. The van der Waals surface area contributed by atoms with Crippen LogP contribution in [-0.4, -0.2) is 22.1 Å². The zero-order chi connectivity index (χ0) is 14.6. The summed E-state index contributed by atoms with van der Waals surface area (Å²) in [7, 11) is 0. The van der Waals surface area contributed by atoms with Crippen molar-refractivity contribution in [1.29, 1.82) is 0 Å². The third kappa shape index (κ3) is 4.42. The molecule has 0 spiro atoms. The lowest BCUT2D eigenvalue weighted by Gasteiger charge is -2.23. The summed E-state index contributed by atoms with van der Waals surface area (Å²) in [4.78, 5) is 14.4. The standard InChI is InChI=1S/C12H15F3N2O2/c1-7(2)9(6-10(18)19)17-11-8(12(13,14)15)4-3-5-16-11/h3-5,7,9H,6H2,1-2H3,(H,16,17)(H,18,19). The van der Waals surface area contributed by atoms with Gasteiger partial charge in [0.05, 0.1) is 12.0 Å². The SMILES string of the molecule is CC(C)C(CC(=O)O)Nc1ncccc1C(F)(F)F. The molecular weight excluding hydrogens is 261 g/mol. The average Bonchev–Trinajstić information content (AvgIpc) is 2.26. The molecule has 19 heavy (non-hydrogen) atoms. The molecule has 1 aromatic heterocycles. The molecular formula is C12H15F3N2O2. The van der Waals surface area contributed by atoms with Gasteiger partial charge in [0.2, 0.25) is 0 Å². The number of carboxylic acids is 1. The first kappa shape index (κ1) is 15.3. The zero-order valence-electron chi connectivity index (χ0n) is 10.5. The van der Waals surface area contributed by atoms with Crippen LogP contribution in [0.5, 0.6) is 0 Å². The number of anilines is 1. The first-order chi connectivity index (χ1) is 8.71. The number of hydrogen-bond acceptors (Lipinski definition) is 3. The first-order valence-corrected chi connectivity index (χ1v) is 5.72. The summed E-state index contributed by atoms with van der Waals surface area (Å²) in [6.07, 6.45) is -3.57. The Morgan fingerprint density at radius 3 is 2.58 bits per heavy atom. The van der Waals surface area contributed by atoms with Crippen molar-refractivity contribution >= 4 is 11.8 Å². The Morgan fingerprint density at radius 2 is 2.11 bits per heavy atom. The molecule has 1 rings (SSSR count). The summed E-state index contributed by atoms with van der Waals surface area (Å²) < 4.78 is 38.3. The molecule has 0 saturated heterocycles. The molecule has 106 valence electrons. The van der Waals surface area contributed by atoms with Gasteiger partial charge in [-0.2, -0.15) is 13.2 Å². The van der Waals surface area contributed by atoms with Crippen molar-refractivity contribution in [2.24, 2.45) is 5.92 Å². The largest absolute Gasteiger partial charge is 0.481 e. The van der Waals surface area contributed by atoms with Crippen LogP contribution in [0.25, 0.3) is 0 Å². The number of carbonyl (C=O) groups is 1. The summed E-state index contributed by atoms with van der Waals surface area (Å²) in [5.74, 6) is -1.55. The Hall–Kier alpha value is -1.79. The summed E-state index contributed by atoms with van der Waals surface area (Å²) in [5, 5.41) is 11.3. The molecule has 0 saturated carbocycles. The van der Waals surface area contributed by atoms with Crippen molar-refractivity contribution in [3.05, 3.63) is 23.9 Å². The third-order valence-corrected chi connectivity index (χ3v) is 2.63. The van der Waals surface area contributed by atoms with Gasteiger partial charge in [-0.3, -0.25) is 4.79 Å². The summed E-state index contributed by atoms with van der Waals surface area (Å²) in [5.41, 5.74) is -0.897. The topological polar surface area (TPSA) is 62.2 Å². The molecule has 0 fully saturated rings. The molecule has 7 heteroatoms. The van der Waals surface area contributed by atoms with Gasteiger partial charge in [-0.05, 0) is 18.1 Å². The fourth-order valence-corrected chi connectivity index (χ4v) is 1.57. The van der Waals surface area contributed by atoms with Gasteiger partial charge in [-0.1, -0.05) is 13.8 Å². The van der Waals surface area contributed by atoms with E-state index in [0.29, 0.717) is 0 Å². The highest BCUT2D eigenvalue weighted by molar-refractivity contribution is 5.68. The van der Waals surface area contributed by atoms with E-state index in [1.165, 1.54) is 12.3 Å². The van der Waals surface area contributed by atoms with E-state index >= 15 is 0 Å². The number of hydrogen-bond donors (Lipinski definition) is 2. The average molecular weight is 276 g/mol. The van der Waals surface area contributed by atoms with Crippen molar-refractivity contribution in [3.63, 3.8) is 0 Å². The summed E-state index contributed by atoms with van der Waals surface area (Å²) in [6.45, 7) is 3.47. The van der Waals surface area contributed by atoms with Crippen LogP contribution in [0, 0.1) is 5.92 Å². The minimum Gasteiger partial charge on any atom is -0.481 e. The normalized spacial score (nSPS) is 13.4.